The van der Waals surface area contributed by atoms with Gasteiger partial charge in [0.2, 0.25) is 5.72 Å². The first kappa shape index (κ1) is 19.8. The lowest BCUT2D eigenvalue weighted by atomic mass is 9.77. The molecule has 2 amide bonds. The molecule has 1 aliphatic heterocycles. The van der Waals surface area contributed by atoms with E-state index in [1.54, 1.807) is 19.1 Å². The van der Waals surface area contributed by atoms with Gasteiger partial charge in [0, 0.05) is 5.56 Å². The van der Waals surface area contributed by atoms with Crippen molar-refractivity contribution in [3.05, 3.63) is 71.0 Å². The highest BCUT2D eigenvalue weighted by Gasteiger charge is 2.66. The molecule has 3 atom stereocenters. The van der Waals surface area contributed by atoms with Crippen LogP contribution in [0.4, 0.5) is 22.4 Å². The Bertz CT molecular complexity index is 897. The van der Waals surface area contributed by atoms with Gasteiger partial charge in [-0.15, -0.1) is 0 Å². The molecule has 2 aromatic carbocycles. The van der Waals surface area contributed by atoms with E-state index >= 15 is 0 Å². The van der Waals surface area contributed by atoms with Crippen LogP contribution in [-0.4, -0.2) is 28.8 Å². The van der Waals surface area contributed by atoms with Crippen molar-refractivity contribution in [3.8, 4) is 0 Å². The summed E-state index contributed by atoms with van der Waals surface area (Å²) >= 11 is 0. The van der Waals surface area contributed by atoms with Crippen molar-refractivity contribution in [1.29, 1.82) is 0 Å². The highest BCUT2D eigenvalue weighted by atomic mass is 19.4. The van der Waals surface area contributed by atoms with Crippen LogP contribution in [-0.2, 0) is 0 Å². The van der Waals surface area contributed by atoms with Gasteiger partial charge >= 0.3 is 12.2 Å². The number of nitrogens with one attached hydrogen (secondary N) is 2. The van der Waals surface area contributed by atoms with Crippen molar-refractivity contribution in [2.75, 3.05) is 0 Å². The van der Waals surface area contributed by atoms with Crippen LogP contribution in [0.1, 0.15) is 27.5 Å². The number of hydrogen-bond acceptors (Lipinski definition) is 3. The Balaban J connectivity index is 2.15. The van der Waals surface area contributed by atoms with Crippen molar-refractivity contribution >= 4 is 11.8 Å². The maximum Gasteiger partial charge on any atom is 0.437 e. The van der Waals surface area contributed by atoms with Crippen molar-refractivity contribution in [2.24, 2.45) is 5.92 Å². The number of aliphatic hydroxyl groups is 1. The monoisotopic (exact) mass is 396 g/mol. The molecule has 0 unspecified atom stereocenters. The third-order valence-corrected chi connectivity index (χ3v) is 4.65. The molecule has 3 rings (SSSR count). The fraction of sp³-hybridized carbons (Fsp3) is 0.263. The Morgan fingerprint density at radius 2 is 1.64 bits per heavy atom. The molecule has 1 fully saturated rings. The van der Waals surface area contributed by atoms with Crippen molar-refractivity contribution in [2.45, 2.75) is 24.9 Å². The van der Waals surface area contributed by atoms with Crippen LogP contribution in [0.3, 0.4) is 0 Å². The molecule has 0 radical (unpaired) electrons. The SMILES string of the molecule is Cc1ccc([C@@H]2NC(=O)N[C@](O)(C(F)(F)F)[C@H]2C(=O)c2ccc(F)cc2)cc1. The average Bonchev–Trinajstić information content (AvgIpc) is 2.61. The summed E-state index contributed by atoms with van der Waals surface area (Å²) in [5.41, 5.74) is -3.01. The average molecular weight is 396 g/mol. The second-order valence-electron chi connectivity index (χ2n) is 6.60. The largest absolute Gasteiger partial charge is 0.437 e. The highest BCUT2D eigenvalue weighted by molar-refractivity contribution is 6.00. The molecule has 5 nitrogen and oxygen atoms in total. The van der Waals surface area contributed by atoms with Gasteiger partial charge in [0.1, 0.15) is 11.7 Å². The number of halogens is 4. The molecule has 0 saturated carbocycles. The number of benzene rings is 2. The summed E-state index contributed by atoms with van der Waals surface area (Å²) in [5.74, 6) is -3.91. The van der Waals surface area contributed by atoms with Crippen LogP contribution in [0.5, 0.6) is 0 Å². The standard InChI is InChI=1S/C19H16F4N2O3/c1-10-2-4-11(5-3-10)15-14(16(26)12-6-8-13(20)9-7-12)18(28,19(21,22)23)25-17(27)24-15/h2-9,14-15,28H,1H3,(H2,24,25,27)/t14-,15+,18-/m1/s1. The van der Waals surface area contributed by atoms with Crippen LogP contribution in [0, 0.1) is 18.7 Å². The zero-order chi connectivity index (χ0) is 20.7. The Kier molecular flexibility index (Phi) is 4.88. The molecule has 2 aromatic rings. The van der Waals surface area contributed by atoms with E-state index in [1.807, 2.05) is 0 Å². The maximum absolute atomic E-state index is 13.7. The summed E-state index contributed by atoms with van der Waals surface area (Å²) in [6.07, 6.45) is -5.34. The second kappa shape index (κ2) is 6.90. The fourth-order valence-corrected chi connectivity index (χ4v) is 3.18. The molecule has 148 valence electrons. The minimum atomic E-state index is -5.34. The first-order chi connectivity index (χ1) is 13.0. The van der Waals surface area contributed by atoms with E-state index < -0.39 is 41.5 Å². The van der Waals surface area contributed by atoms with Crippen molar-refractivity contribution in [3.63, 3.8) is 0 Å². The zero-order valence-corrected chi connectivity index (χ0v) is 14.5. The number of aryl methyl sites for hydroxylation is 1. The Hall–Kier alpha value is -2.94. The Morgan fingerprint density at radius 1 is 1.07 bits per heavy atom. The zero-order valence-electron chi connectivity index (χ0n) is 14.5. The second-order valence-corrected chi connectivity index (χ2v) is 6.60. The molecule has 0 aromatic heterocycles. The van der Waals surface area contributed by atoms with Crippen molar-refractivity contribution in [1.82, 2.24) is 10.6 Å². The van der Waals surface area contributed by atoms with Crippen LogP contribution < -0.4 is 10.6 Å². The van der Waals surface area contributed by atoms with E-state index in [2.05, 4.69) is 5.32 Å². The third kappa shape index (κ3) is 3.45. The number of alkyl halides is 3. The van der Waals surface area contributed by atoms with Gasteiger partial charge in [0.15, 0.2) is 5.78 Å². The van der Waals surface area contributed by atoms with Crippen LogP contribution >= 0.6 is 0 Å². The number of carbonyl (C=O) groups excluding carboxylic acids is 2. The van der Waals surface area contributed by atoms with Gasteiger partial charge in [-0.2, -0.15) is 13.2 Å². The molecule has 0 spiro atoms. The number of rotatable bonds is 3. The normalized spacial score (nSPS) is 25.0. The lowest BCUT2D eigenvalue weighted by Crippen LogP contribution is -2.72. The van der Waals surface area contributed by atoms with Gasteiger partial charge in [0.05, 0.1) is 6.04 Å². The Morgan fingerprint density at radius 3 is 2.18 bits per heavy atom. The van der Waals surface area contributed by atoms with E-state index in [0.29, 0.717) is 0 Å². The molecule has 1 saturated heterocycles. The minimum absolute atomic E-state index is 0.212. The Labute approximate surface area is 157 Å². The summed E-state index contributed by atoms with van der Waals surface area (Å²) < 4.78 is 54.4. The van der Waals surface area contributed by atoms with E-state index in [0.717, 1.165) is 29.8 Å². The summed E-state index contributed by atoms with van der Waals surface area (Å²) in [4.78, 5) is 24.8. The molecular weight excluding hydrogens is 380 g/mol. The lowest BCUT2D eigenvalue weighted by Gasteiger charge is -2.45. The first-order valence-corrected chi connectivity index (χ1v) is 8.27. The predicted molar refractivity (Wildman–Crippen MR) is 90.8 cm³/mol. The predicted octanol–water partition coefficient (Wildman–Crippen LogP) is 3.24. The molecule has 3 N–H and O–H groups in total. The third-order valence-electron chi connectivity index (χ3n) is 4.65. The number of hydrogen-bond donors (Lipinski definition) is 3. The molecule has 1 aliphatic rings. The number of Topliss-reactive ketones (excluding diaryl/α,β-unsaturated/α-hetero) is 1. The van der Waals surface area contributed by atoms with Crippen LogP contribution in [0.2, 0.25) is 0 Å². The van der Waals surface area contributed by atoms with E-state index in [1.165, 1.54) is 17.4 Å². The number of urea groups is 1. The molecule has 1 heterocycles. The summed E-state index contributed by atoms with van der Waals surface area (Å²) in [7, 11) is 0. The summed E-state index contributed by atoms with van der Waals surface area (Å²) in [6.45, 7) is 1.76. The smallest absolute Gasteiger partial charge is 0.363 e. The van der Waals surface area contributed by atoms with E-state index in [9.17, 15) is 32.3 Å². The first-order valence-electron chi connectivity index (χ1n) is 8.27. The van der Waals surface area contributed by atoms with E-state index in [-0.39, 0.29) is 11.1 Å². The minimum Gasteiger partial charge on any atom is -0.363 e. The fourth-order valence-electron chi connectivity index (χ4n) is 3.18. The summed E-state index contributed by atoms with van der Waals surface area (Å²) in [6, 6.07) is 7.32. The van der Waals surface area contributed by atoms with Gasteiger partial charge in [-0.3, -0.25) is 4.79 Å². The molecule has 28 heavy (non-hydrogen) atoms. The topological polar surface area (TPSA) is 78.4 Å². The summed E-state index contributed by atoms with van der Waals surface area (Å²) in [5, 5.41) is 14.1. The van der Waals surface area contributed by atoms with Crippen LogP contribution in [0.15, 0.2) is 48.5 Å². The van der Waals surface area contributed by atoms with Crippen LogP contribution in [0.25, 0.3) is 0 Å². The molecule has 0 bridgehead atoms. The highest BCUT2D eigenvalue weighted by Crippen LogP contribution is 2.43. The number of amides is 2. The van der Waals surface area contributed by atoms with Gasteiger partial charge in [-0.1, -0.05) is 29.8 Å². The van der Waals surface area contributed by atoms with Gasteiger partial charge in [-0.25, -0.2) is 9.18 Å². The quantitative estimate of drug-likeness (QED) is 0.551. The molecular formula is C19H16F4N2O3. The number of carbonyl (C=O) groups is 2. The van der Waals surface area contributed by atoms with Gasteiger partial charge in [-0.05, 0) is 36.8 Å². The number of ketones is 1. The maximum atomic E-state index is 13.7. The van der Waals surface area contributed by atoms with Gasteiger partial charge < -0.3 is 15.7 Å². The molecule has 9 heteroatoms. The van der Waals surface area contributed by atoms with Crippen molar-refractivity contribution < 1.29 is 32.3 Å². The lowest BCUT2D eigenvalue weighted by molar-refractivity contribution is -0.287. The van der Waals surface area contributed by atoms with E-state index in [4.69, 9.17) is 0 Å². The van der Waals surface area contributed by atoms with Gasteiger partial charge in [0.25, 0.3) is 0 Å². The molecule has 0 aliphatic carbocycles.